The van der Waals surface area contributed by atoms with Crippen molar-refractivity contribution in [2.45, 2.75) is 13.5 Å². The molecule has 1 heterocycles. The van der Waals surface area contributed by atoms with Crippen molar-refractivity contribution in [3.8, 4) is 23.0 Å². The number of fused-ring (bicyclic) bond motifs is 1. The SMILES string of the molecule is CCOc1ccccc1Oc1coc2cc(OCc3ccc(Cl)c(Cl)c3)ccc2c1=O. The van der Waals surface area contributed by atoms with Crippen LogP contribution in [-0.2, 0) is 6.61 Å². The molecule has 158 valence electrons. The van der Waals surface area contributed by atoms with Gasteiger partial charge in [-0.05, 0) is 48.9 Å². The van der Waals surface area contributed by atoms with E-state index in [1.54, 1.807) is 48.5 Å². The van der Waals surface area contributed by atoms with Crippen LogP contribution in [0.1, 0.15) is 12.5 Å². The topological polar surface area (TPSA) is 57.9 Å². The normalized spacial score (nSPS) is 10.8. The number of hydrogen-bond acceptors (Lipinski definition) is 5. The van der Waals surface area contributed by atoms with Crippen molar-refractivity contribution in [2.24, 2.45) is 0 Å². The van der Waals surface area contributed by atoms with Gasteiger partial charge in [-0.1, -0.05) is 41.4 Å². The second-order valence-electron chi connectivity index (χ2n) is 6.61. The Morgan fingerprint density at radius 2 is 1.68 bits per heavy atom. The molecule has 0 aliphatic rings. The average molecular weight is 457 g/mol. The average Bonchev–Trinajstić information content (AvgIpc) is 2.78. The van der Waals surface area contributed by atoms with Gasteiger partial charge < -0.3 is 18.6 Å². The summed E-state index contributed by atoms with van der Waals surface area (Å²) in [6.45, 7) is 2.65. The molecule has 0 unspecified atom stereocenters. The fourth-order valence-electron chi connectivity index (χ4n) is 2.97. The van der Waals surface area contributed by atoms with Crippen LogP contribution in [0.2, 0.25) is 10.0 Å². The number of halogens is 2. The van der Waals surface area contributed by atoms with Crippen LogP contribution < -0.4 is 19.6 Å². The Kier molecular flexibility index (Phi) is 6.35. The van der Waals surface area contributed by atoms with Crippen LogP contribution >= 0.6 is 23.2 Å². The maximum atomic E-state index is 12.9. The largest absolute Gasteiger partial charge is 0.490 e. The lowest BCUT2D eigenvalue weighted by atomic mass is 10.2. The van der Waals surface area contributed by atoms with E-state index in [4.69, 9.17) is 41.8 Å². The molecule has 0 fully saturated rings. The van der Waals surface area contributed by atoms with Gasteiger partial charge in [-0.25, -0.2) is 0 Å². The molecule has 0 amide bonds. The van der Waals surface area contributed by atoms with Gasteiger partial charge in [0.05, 0.1) is 22.0 Å². The molecule has 0 bridgehead atoms. The zero-order valence-electron chi connectivity index (χ0n) is 16.6. The zero-order chi connectivity index (χ0) is 21.8. The van der Waals surface area contributed by atoms with E-state index >= 15 is 0 Å². The maximum absolute atomic E-state index is 12.9. The van der Waals surface area contributed by atoms with Crippen molar-refractivity contribution >= 4 is 34.2 Å². The number of rotatable bonds is 7. The Hall–Kier alpha value is -3.15. The van der Waals surface area contributed by atoms with Gasteiger partial charge in [0.2, 0.25) is 11.2 Å². The molecule has 0 aliphatic heterocycles. The van der Waals surface area contributed by atoms with E-state index < -0.39 is 0 Å². The second kappa shape index (κ2) is 9.33. The molecule has 4 rings (SSSR count). The van der Waals surface area contributed by atoms with Gasteiger partial charge >= 0.3 is 0 Å². The first kappa shape index (κ1) is 21.1. The Morgan fingerprint density at radius 1 is 0.871 bits per heavy atom. The third kappa shape index (κ3) is 4.79. The minimum atomic E-state index is -0.288. The molecule has 0 N–H and O–H groups in total. The van der Waals surface area contributed by atoms with Crippen molar-refractivity contribution in [2.75, 3.05) is 6.61 Å². The molecule has 1 aromatic heterocycles. The number of para-hydroxylation sites is 2. The maximum Gasteiger partial charge on any atom is 0.235 e. The highest BCUT2D eigenvalue weighted by atomic mass is 35.5. The highest BCUT2D eigenvalue weighted by Crippen LogP contribution is 2.31. The first-order chi connectivity index (χ1) is 15.0. The molecule has 0 spiro atoms. The van der Waals surface area contributed by atoms with Gasteiger partial charge in [0, 0.05) is 6.07 Å². The molecular weight excluding hydrogens is 439 g/mol. The van der Waals surface area contributed by atoms with Gasteiger partial charge in [0.1, 0.15) is 24.2 Å². The summed E-state index contributed by atoms with van der Waals surface area (Å²) in [4.78, 5) is 12.9. The van der Waals surface area contributed by atoms with E-state index in [0.717, 1.165) is 5.56 Å². The predicted molar refractivity (Wildman–Crippen MR) is 121 cm³/mol. The molecule has 0 radical (unpaired) electrons. The Labute approximate surface area is 188 Å². The highest BCUT2D eigenvalue weighted by Gasteiger charge is 2.13. The van der Waals surface area contributed by atoms with E-state index in [2.05, 4.69) is 0 Å². The third-order valence-electron chi connectivity index (χ3n) is 4.47. The summed E-state index contributed by atoms with van der Waals surface area (Å²) in [5.41, 5.74) is 0.971. The van der Waals surface area contributed by atoms with E-state index in [1.165, 1.54) is 6.26 Å². The van der Waals surface area contributed by atoms with Crippen molar-refractivity contribution in [1.29, 1.82) is 0 Å². The van der Waals surface area contributed by atoms with Crippen LogP contribution in [0.3, 0.4) is 0 Å². The first-order valence-corrected chi connectivity index (χ1v) is 10.3. The first-order valence-electron chi connectivity index (χ1n) is 9.57. The van der Waals surface area contributed by atoms with Crippen molar-refractivity contribution < 1.29 is 18.6 Å². The van der Waals surface area contributed by atoms with Crippen molar-refractivity contribution in [1.82, 2.24) is 0 Å². The summed E-state index contributed by atoms with van der Waals surface area (Å²) in [5.74, 6) is 1.62. The van der Waals surface area contributed by atoms with Crippen molar-refractivity contribution in [3.63, 3.8) is 0 Å². The minimum absolute atomic E-state index is 0.0733. The van der Waals surface area contributed by atoms with Gasteiger partial charge in [-0.15, -0.1) is 0 Å². The Balaban J connectivity index is 1.55. The lowest BCUT2D eigenvalue weighted by Crippen LogP contribution is -2.06. The molecule has 0 atom stereocenters. The molecule has 0 aliphatic carbocycles. The lowest BCUT2D eigenvalue weighted by molar-refractivity contribution is 0.306. The monoisotopic (exact) mass is 456 g/mol. The van der Waals surface area contributed by atoms with E-state index in [1.807, 2.05) is 19.1 Å². The van der Waals surface area contributed by atoms with Crippen molar-refractivity contribution in [3.05, 3.63) is 92.8 Å². The fourth-order valence-corrected chi connectivity index (χ4v) is 3.30. The molecule has 4 aromatic rings. The van der Waals surface area contributed by atoms with Crippen LogP contribution in [-0.4, -0.2) is 6.61 Å². The summed E-state index contributed by atoms with van der Waals surface area (Å²) < 4.78 is 22.7. The van der Waals surface area contributed by atoms with E-state index in [9.17, 15) is 4.79 Å². The predicted octanol–water partition coefficient (Wildman–Crippen LogP) is 6.87. The molecule has 7 heteroatoms. The Bertz CT molecular complexity index is 1280. The zero-order valence-corrected chi connectivity index (χ0v) is 18.1. The second-order valence-corrected chi connectivity index (χ2v) is 7.42. The molecule has 31 heavy (non-hydrogen) atoms. The summed E-state index contributed by atoms with van der Waals surface area (Å²) in [7, 11) is 0. The summed E-state index contributed by atoms with van der Waals surface area (Å²) in [5, 5.41) is 1.33. The minimum Gasteiger partial charge on any atom is -0.490 e. The quantitative estimate of drug-likeness (QED) is 0.303. The van der Waals surface area contributed by atoms with Crippen LogP contribution in [0.25, 0.3) is 11.0 Å². The van der Waals surface area contributed by atoms with Gasteiger partial charge in [-0.3, -0.25) is 4.79 Å². The summed E-state index contributed by atoms with van der Waals surface area (Å²) in [6, 6.07) is 17.4. The molecule has 5 nitrogen and oxygen atoms in total. The number of ether oxygens (including phenoxy) is 3. The standard InChI is InChI=1S/C24H18Cl2O5/c1-2-28-20-5-3-4-6-21(20)31-23-14-30-22-12-16(8-9-17(22)24(23)27)29-13-15-7-10-18(25)19(26)11-15/h3-12,14H,2,13H2,1H3. The van der Waals surface area contributed by atoms with E-state index in [-0.39, 0.29) is 11.2 Å². The number of hydrogen-bond donors (Lipinski definition) is 0. The van der Waals surface area contributed by atoms with Gasteiger partial charge in [0.25, 0.3) is 0 Å². The lowest BCUT2D eigenvalue weighted by Gasteiger charge is -2.11. The van der Waals surface area contributed by atoms with Crippen LogP contribution in [0, 0.1) is 0 Å². The molecule has 0 saturated carbocycles. The number of benzene rings is 3. The smallest absolute Gasteiger partial charge is 0.235 e. The fraction of sp³-hybridized carbons (Fsp3) is 0.125. The summed E-state index contributed by atoms with van der Waals surface area (Å²) in [6.07, 6.45) is 1.29. The third-order valence-corrected chi connectivity index (χ3v) is 5.21. The highest BCUT2D eigenvalue weighted by molar-refractivity contribution is 6.42. The van der Waals surface area contributed by atoms with Gasteiger partial charge in [-0.2, -0.15) is 0 Å². The van der Waals surface area contributed by atoms with Crippen LogP contribution in [0.5, 0.6) is 23.0 Å². The molecule has 0 saturated heterocycles. The van der Waals surface area contributed by atoms with Crippen LogP contribution in [0.15, 0.2) is 76.1 Å². The Morgan fingerprint density at radius 3 is 2.45 bits per heavy atom. The molecule has 3 aromatic carbocycles. The summed E-state index contributed by atoms with van der Waals surface area (Å²) >= 11 is 12.0. The molecular formula is C24H18Cl2O5. The van der Waals surface area contributed by atoms with Gasteiger partial charge in [0.15, 0.2) is 11.5 Å². The van der Waals surface area contributed by atoms with E-state index in [0.29, 0.717) is 51.5 Å². The van der Waals surface area contributed by atoms with Crippen LogP contribution in [0.4, 0.5) is 0 Å².